The van der Waals surface area contributed by atoms with Gasteiger partial charge in [0.15, 0.2) is 0 Å². The Morgan fingerprint density at radius 2 is 2.19 bits per heavy atom. The number of hydrogen-bond acceptors (Lipinski definition) is 3. The Morgan fingerprint density at radius 1 is 1.48 bits per heavy atom. The number of nitrogens with one attached hydrogen (secondary N) is 1. The number of amides is 1. The number of carbonyl (C=O) groups excluding carboxylic acids is 1. The van der Waals surface area contributed by atoms with Crippen LogP contribution in [0.25, 0.3) is 0 Å². The predicted octanol–water partition coefficient (Wildman–Crippen LogP) is 2.83. The minimum atomic E-state index is -0.720. The van der Waals surface area contributed by atoms with Gasteiger partial charge in [-0.2, -0.15) is 0 Å². The molecule has 2 atom stereocenters. The average molecular weight is 314 g/mol. The van der Waals surface area contributed by atoms with Crippen LogP contribution in [0.5, 0.6) is 0 Å². The van der Waals surface area contributed by atoms with Crippen molar-refractivity contribution in [3.05, 3.63) is 29.8 Å². The maximum atomic E-state index is 13.7. The van der Waals surface area contributed by atoms with Gasteiger partial charge in [0, 0.05) is 22.3 Å². The van der Waals surface area contributed by atoms with Crippen LogP contribution in [0, 0.1) is 11.6 Å². The van der Waals surface area contributed by atoms with Crippen molar-refractivity contribution in [2.45, 2.75) is 54.8 Å². The molecule has 0 heterocycles. The van der Waals surface area contributed by atoms with Crippen LogP contribution >= 0.6 is 11.8 Å². The lowest BCUT2D eigenvalue weighted by Crippen LogP contribution is -2.56. The molecule has 1 aliphatic rings. The highest BCUT2D eigenvalue weighted by molar-refractivity contribution is 8.00. The molecule has 0 spiro atoms. The van der Waals surface area contributed by atoms with Crippen molar-refractivity contribution in [2.75, 3.05) is 0 Å². The zero-order valence-electron chi connectivity index (χ0n) is 12.2. The van der Waals surface area contributed by atoms with Gasteiger partial charge in [0.1, 0.15) is 11.6 Å². The van der Waals surface area contributed by atoms with Gasteiger partial charge < -0.3 is 11.1 Å². The molecular formula is C15H20F2N2OS. The molecule has 0 aromatic heterocycles. The third-order valence-corrected chi connectivity index (χ3v) is 5.01. The minimum Gasteiger partial charge on any atom is -0.368 e. The molecule has 0 bridgehead atoms. The molecule has 1 fully saturated rings. The first kappa shape index (κ1) is 16.2. The molecule has 116 valence electrons. The van der Waals surface area contributed by atoms with Crippen molar-refractivity contribution < 1.29 is 13.6 Å². The van der Waals surface area contributed by atoms with Crippen molar-refractivity contribution in [3.63, 3.8) is 0 Å². The lowest BCUT2D eigenvalue weighted by molar-refractivity contribution is -0.124. The number of benzene rings is 1. The normalized spacial score (nSPS) is 25.5. The van der Waals surface area contributed by atoms with Gasteiger partial charge in [-0.25, -0.2) is 8.78 Å². The second-order valence-electron chi connectivity index (χ2n) is 5.80. The molecule has 3 nitrogen and oxygen atoms in total. The summed E-state index contributed by atoms with van der Waals surface area (Å²) in [5, 5.41) is 3.34. The Hall–Kier alpha value is -1.14. The van der Waals surface area contributed by atoms with Gasteiger partial charge in [0.25, 0.3) is 0 Å². The summed E-state index contributed by atoms with van der Waals surface area (Å²) in [6.45, 7) is 3.93. The predicted molar refractivity (Wildman–Crippen MR) is 80.1 cm³/mol. The first-order chi connectivity index (χ1) is 9.82. The molecule has 2 unspecified atom stereocenters. The van der Waals surface area contributed by atoms with Crippen LogP contribution < -0.4 is 11.1 Å². The summed E-state index contributed by atoms with van der Waals surface area (Å²) in [6.07, 6.45) is 1.97. The Kier molecular flexibility index (Phi) is 4.88. The van der Waals surface area contributed by atoms with E-state index >= 15 is 0 Å². The fourth-order valence-corrected chi connectivity index (χ4v) is 4.11. The van der Waals surface area contributed by atoms with Gasteiger partial charge in [-0.3, -0.25) is 4.79 Å². The van der Waals surface area contributed by atoms with E-state index in [4.69, 9.17) is 5.73 Å². The number of primary amides is 1. The van der Waals surface area contributed by atoms with Gasteiger partial charge in [-0.1, -0.05) is 0 Å². The van der Waals surface area contributed by atoms with E-state index in [9.17, 15) is 13.6 Å². The van der Waals surface area contributed by atoms with Crippen molar-refractivity contribution in [1.82, 2.24) is 5.32 Å². The quantitative estimate of drug-likeness (QED) is 0.879. The van der Waals surface area contributed by atoms with E-state index in [1.54, 1.807) is 0 Å². The van der Waals surface area contributed by atoms with Crippen LogP contribution in [0.3, 0.4) is 0 Å². The molecule has 6 heteroatoms. The van der Waals surface area contributed by atoms with Crippen molar-refractivity contribution in [3.8, 4) is 0 Å². The molecule has 1 aromatic rings. The maximum Gasteiger partial charge on any atom is 0.237 e. The van der Waals surface area contributed by atoms with E-state index in [1.165, 1.54) is 23.9 Å². The second-order valence-corrected chi connectivity index (χ2v) is 7.14. The summed E-state index contributed by atoms with van der Waals surface area (Å²) >= 11 is 1.34. The fraction of sp³-hybridized carbons (Fsp3) is 0.533. The topological polar surface area (TPSA) is 55.1 Å². The number of carbonyl (C=O) groups is 1. The summed E-state index contributed by atoms with van der Waals surface area (Å²) < 4.78 is 26.6. The molecular weight excluding hydrogens is 294 g/mol. The van der Waals surface area contributed by atoms with Crippen LogP contribution in [-0.2, 0) is 4.79 Å². The number of rotatable bonds is 5. The lowest BCUT2D eigenvalue weighted by atomic mass is 9.96. The first-order valence-corrected chi connectivity index (χ1v) is 7.90. The van der Waals surface area contributed by atoms with Crippen LogP contribution in [0.1, 0.15) is 33.1 Å². The largest absolute Gasteiger partial charge is 0.368 e. The number of nitrogens with two attached hydrogens (primary N) is 1. The third-order valence-electron chi connectivity index (χ3n) is 3.69. The van der Waals surface area contributed by atoms with Crippen LogP contribution in [0.4, 0.5) is 8.78 Å². The van der Waals surface area contributed by atoms with Gasteiger partial charge >= 0.3 is 0 Å². The summed E-state index contributed by atoms with van der Waals surface area (Å²) in [6, 6.07) is 3.71. The second kappa shape index (κ2) is 6.32. The van der Waals surface area contributed by atoms with Crippen molar-refractivity contribution in [1.29, 1.82) is 0 Å². The van der Waals surface area contributed by atoms with Crippen LogP contribution in [0.2, 0.25) is 0 Å². The average Bonchev–Trinajstić information content (AvgIpc) is 2.76. The molecule has 1 amide bonds. The summed E-state index contributed by atoms with van der Waals surface area (Å²) in [7, 11) is 0. The summed E-state index contributed by atoms with van der Waals surface area (Å²) in [5.74, 6) is -1.51. The van der Waals surface area contributed by atoms with Crippen LogP contribution in [0.15, 0.2) is 23.1 Å². The fourth-order valence-electron chi connectivity index (χ4n) is 2.83. The summed E-state index contributed by atoms with van der Waals surface area (Å²) in [5.41, 5.74) is 4.83. The number of hydrogen-bond donors (Lipinski definition) is 2. The van der Waals surface area contributed by atoms with Crippen molar-refractivity contribution >= 4 is 17.7 Å². The monoisotopic (exact) mass is 314 g/mol. The standard InChI is InChI=1S/C15H20F2N2OS/c1-9(2)19-15(14(18)20)6-5-11(8-15)21-13-4-3-10(16)7-12(13)17/h3-4,7,9,11,19H,5-6,8H2,1-2H3,(H2,18,20). The molecule has 3 N–H and O–H groups in total. The lowest BCUT2D eigenvalue weighted by Gasteiger charge is -2.29. The highest BCUT2D eigenvalue weighted by atomic mass is 32.2. The van der Waals surface area contributed by atoms with Gasteiger partial charge in [-0.05, 0) is 45.2 Å². The Bertz CT molecular complexity index is 538. The highest BCUT2D eigenvalue weighted by Gasteiger charge is 2.44. The van der Waals surface area contributed by atoms with E-state index < -0.39 is 17.2 Å². The van der Waals surface area contributed by atoms with Crippen LogP contribution in [-0.4, -0.2) is 22.7 Å². The Labute approximate surface area is 127 Å². The molecule has 0 aliphatic heterocycles. The van der Waals surface area contributed by atoms with E-state index in [0.29, 0.717) is 17.7 Å². The molecule has 1 aliphatic carbocycles. The first-order valence-electron chi connectivity index (χ1n) is 7.02. The Morgan fingerprint density at radius 3 is 2.76 bits per heavy atom. The van der Waals surface area contributed by atoms with Gasteiger partial charge in [0.2, 0.25) is 5.91 Å². The molecule has 1 saturated carbocycles. The highest BCUT2D eigenvalue weighted by Crippen LogP contribution is 2.41. The van der Waals surface area contributed by atoms with Gasteiger partial charge in [-0.15, -0.1) is 11.8 Å². The number of halogens is 2. The SMILES string of the molecule is CC(C)NC1(C(N)=O)CCC(Sc2ccc(F)cc2F)C1. The molecule has 0 saturated heterocycles. The maximum absolute atomic E-state index is 13.7. The molecule has 0 radical (unpaired) electrons. The zero-order valence-corrected chi connectivity index (χ0v) is 13.0. The summed E-state index contributed by atoms with van der Waals surface area (Å²) in [4.78, 5) is 12.2. The Balaban J connectivity index is 2.09. The van der Waals surface area contributed by atoms with E-state index in [2.05, 4.69) is 5.32 Å². The van der Waals surface area contributed by atoms with E-state index in [-0.39, 0.29) is 17.2 Å². The molecule has 1 aromatic carbocycles. The van der Waals surface area contributed by atoms with Gasteiger partial charge in [0.05, 0.1) is 5.54 Å². The molecule has 2 rings (SSSR count). The van der Waals surface area contributed by atoms with E-state index in [1.807, 2.05) is 13.8 Å². The molecule has 21 heavy (non-hydrogen) atoms. The third kappa shape index (κ3) is 3.74. The van der Waals surface area contributed by atoms with E-state index in [0.717, 1.165) is 12.5 Å². The smallest absolute Gasteiger partial charge is 0.237 e. The van der Waals surface area contributed by atoms with Crippen molar-refractivity contribution in [2.24, 2.45) is 5.73 Å². The zero-order chi connectivity index (χ0) is 15.6. The minimum absolute atomic E-state index is 0.0868. The number of thioether (sulfide) groups is 1.